The summed E-state index contributed by atoms with van der Waals surface area (Å²) in [5.74, 6) is 0. The maximum Gasteiger partial charge on any atom is 0.330 e. The van der Waals surface area contributed by atoms with Crippen LogP contribution in [0.25, 0.3) is 27.9 Å². The minimum atomic E-state index is -3.29. The van der Waals surface area contributed by atoms with E-state index in [1.807, 2.05) is 36.5 Å². The lowest BCUT2D eigenvalue weighted by molar-refractivity contribution is 0.453. The van der Waals surface area contributed by atoms with Gasteiger partial charge in [-0.15, -0.1) is 0 Å². The first-order valence-electron chi connectivity index (χ1n) is 9.30. The first kappa shape index (κ1) is 18.1. The van der Waals surface area contributed by atoms with E-state index in [9.17, 15) is 13.2 Å². The van der Waals surface area contributed by atoms with Crippen LogP contribution in [0.2, 0.25) is 0 Å². The monoisotopic (exact) mass is 412 g/mol. The van der Waals surface area contributed by atoms with E-state index < -0.39 is 10.0 Å². The van der Waals surface area contributed by atoms with E-state index in [1.54, 1.807) is 26.9 Å². The lowest BCUT2D eigenvalue weighted by Gasteiger charge is -2.14. The summed E-state index contributed by atoms with van der Waals surface area (Å²) in [6, 6.07) is 9.33. The summed E-state index contributed by atoms with van der Waals surface area (Å²) in [6.45, 7) is 0.681. The van der Waals surface area contributed by atoms with E-state index in [2.05, 4.69) is 5.10 Å². The van der Waals surface area contributed by atoms with E-state index in [1.165, 1.54) is 10.6 Å². The third-order valence-corrected chi connectivity index (χ3v) is 6.87. The van der Waals surface area contributed by atoms with Gasteiger partial charge in [0.05, 0.1) is 35.2 Å². The van der Waals surface area contributed by atoms with Crippen molar-refractivity contribution in [1.82, 2.24) is 28.0 Å². The van der Waals surface area contributed by atoms with Gasteiger partial charge in [0.15, 0.2) is 5.65 Å². The fraction of sp³-hybridized carbons (Fsp3) is 0.316. The molecular weight excluding hydrogens is 392 g/mol. The largest absolute Gasteiger partial charge is 0.330 e. The molecule has 5 heterocycles. The van der Waals surface area contributed by atoms with Gasteiger partial charge in [0, 0.05) is 31.9 Å². The van der Waals surface area contributed by atoms with Crippen LogP contribution in [0.1, 0.15) is 12.5 Å². The molecule has 0 saturated carbocycles. The Labute approximate surface area is 166 Å². The average Bonchev–Trinajstić information content (AvgIpc) is 3.39. The predicted octanol–water partition coefficient (Wildman–Crippen LogP) is 1.26. The van der Waals surface area contributed by atoms with Crippen molar-refractivity contribution >= 4 is 26.7 Å². The van der Waals surface area contributed by atoms with Gasteiger partial charge in [-0.25, -0.2) is 27.0 Å². The molecule has 5 rings (SSSR count). The molecule has 1 aliphatic rings. The van der Waals surface area contributed by atoms with E-state index in [0.29, 0.717) is 24.1 Å². The van der Waals surface area contributed by atoms with Crippen LogP contribution in [-0.2, 0) is 17.1 Å². The summed E-state index contributed by atoms with van der Waals surface area (Å²) in [5.41, 5.74) is 3.60. The zero-order chi connectivity index (χ0) is 20.3. The summed E-state index contributed by atoms with van der Waals surface area (Å²) < 4.78 is 30.2. The number of aryl methyl sites for hydroxylation is 1. The average molecular weight is 412 g/mol. The quantitative estimate of drug-likeness (QED) is 0.505. The van der Waals surface area contributed by atoms with Crippen LogP contribution in [0.15, 0.2) is 47.5 Å². The van der Waals surface area contributed by atoms with Crippen molar-refractivity contribution in [3.8, 4) is 11.3 Å². The van der Waals surface area contributed by atoms with Gasteiger partial charge in [0.25, 0.3) is 0 Å². The smallest absolute Gasteiger partial charge is 0.293 e. The van der Waals surface area contributed by atoms with Crippen LogP contribution < -0.4 is 5.69 Å². The molecular formula is C19H20N6O3S. The standard InChI is InChI=1S/C19H20N6O3S/c1-22-17-7-6-15(14-11-20-24-9-4-3-5-16(14)24)21-18(17)25(19(22)26)13-8-10-23(12-13)29(2,27)28/h3-7,9,11,13H,8,10,12H2,1-2H3/t13-/m1/s1. The van der Waals surface area contributed by atoms with Gasteiger partial charge in [0.2, 0.25) is 10.0 Å². The molecule has 4 aromatic heterocycles. The maximum absolute atomic E-state index is 12.9. The normalized spacial score (nSPS) is 18.2. The first-order valence-corrected chi connectivity index (χ1v) is 11.2. The van der Waals surface area contributed by atoms with Crippen LogP contribution in [-0.4, -0.2) is 55.8 Å². The molecule has 29 heavy (non-hydrogen) atoms. The van der Waals surface area contributed by atoms with Gasteiger partial charge in [-0.2, -0.15) is 5.10 Å². The van der Waals surface area contributed by atoms with Crippen molar-refractivity contribution in [2.24, 2.45) is 7.05 Å². The van der Waals surface area contributed by atoms with E-state index >= 15 is 0 Å². The molecule has 0 N–H and O–H groups in total. The zero-order valence-electron chi connectivity index (χ0n) is 16.1. The summed E-state index contributed by atoms with van der Waals surface area (Å²) in [7, 11) is -1.58. The number of imidazole rings is 1. The maximum atomic E-state index is 12.9. The van der Waals surface area contributed by atoms with Gasteiger partial charge in [-0.05, 0) is 30.7 Å². The molecule has 1 atom stereocenters. The molecule has 0 aliphatic carbocycles. The SMILES string of the molecule is Cn1c(=O)n([C@@H]2CCN(S(C)(=O)=O)C2)c2nc(-c3cnn4ccccc34)ccc21. The Balaban J connectivity index is 1.67. The highest BCUT2D eigenvalue weighted by molar-refractivity contribution is 7.88. The topological polar surface area (TPSA) is 94.5 Å². The third kappa shape index (κ3) is 2.78. The molecule has 1 saturated heterocycles. The second-order valence-corrected chi connectivity index (χ2v) is 9.39. The zero-order valence-corrected chi connectivity index (χ0v) is 16.9. The van der Waals surface area contributed by atoms with Crippen LogP contribution in [0, 0.1) is 0 Å². The number of aromatic nitrogens is 5. The van der Waals surface area contributed by atoms with E-state index in [-0.39, 0.29) is 18.3 Å². The third-order valence-electron chi connectivity index (χ3n) is 5.60. The molecule has 0 bridgehead atoms. The molecule has 9 nitrogen and oxygen atoms in total. The summed E-state index contributed by atoms with van der Waals surface area (Å²) in [5, 5.41) is 4.36. The molecule has 10 heteroatoms. The number of sulfonamides is 1. The highest BCUT2D eigenvalue weighted by Gasteiger charge is 2.32. The Hall–Kier alpha value is -2.98. The Morgan fingerprint density at radius 3 is 2.72 bits per heavy atom. The summed E-state index contributed by atoms with van der Waals surface area (Å²) >= 11 is 0. The van der Waals surface area contributed by atoms with Crippen molar-refractivity contribution in [2.75, 3.05) is 19.3 Å². The Bertz CT molecular complexity index is 1420. The van der Waals surface area contributed by atoms with Crippen LogP contribution in [0.5, 0.6) is 0 Å². The molecule has 1 aliphatic heterocycles. The fourth-order valence-corrected chi connectivity index (χ4v) is 4.95. The highest BCUT2D eigenvalue weighted by atomic mass is 32.2. The molecule has 0 unspecified atom stereocenters. The lowest BCUT2D eigenvalue weighted by atomic mass is 10.2. The molecule has 0 radical (unpaired) electrons. The number of hydrogen-bond acceptors (Lipinski definition) is 5. The van der Waals surface area contributed by atoms with Crippen LogP contribution >= 0.6 is 0 Å². The Morgan fingerprint density at radius 1 is 1.14 bits per heavy atom. The number of rotatable bonds is 3. The molecule has 4 aromatic rings. The van der Waals surface area contributed by atoms with Crippen molar-refractivity contribution in [1.29, 1.82) is 0 Å². The Morgan fingerprint density at radius 2 is 1.97 bits per heavy atom. The lowest BCUT2D eigenvalue weighted by Crippen LogP contribution is -2.31. The number of nitrogens with zero attached hydrogens (tertiary/aromatic N) is 6. The minimum absolute atomic E-state index is 0.190. The second-order valence-electron chi connectivity index (χ2n) is 7.40. The summed E-state index contributed by atoms with van der Waals surface area (Å²) in [6.07, 6.45) is 5.40. The van der Waals surface area contributed by atoms with E-state index in [4.69, 9.17) is 4.98 Å². The van der Waals surface area contributed by atoms with Crippen LogP contribution in [0.3, 0.4) is 0 Å². The van der Waals surface area contributed by atoms with Gasteiger partial charge >= 0.3 is 5.69 Å². The van der Waals surface area contributed by atoms with Gasteiger partial charge < -0.3 is 0 Å². The number of fused-ring (bicyclic) bond motifs is 2. The van der Waals surface area contributed by atoms with Gasteiger partial charge in [-0.1, -0.05) is 6.07 Å². The Kier molecular flexibility index (Phi) is 3.90. The predicted molar refractivity (Wildman–Crippen MR) is 109 cm³/mol. The number of pyridine rings is 2. The van der Waals surface area contributed by atoms with Crippen molar-refractivity contribution in [3.05, 3.63) is 53.2 Å². The fourth-order valence-electron chi connectivity index (χ4n) is 4.07. The van der Waals surface area contributed by atoms with Gasteiger partial charge in [-0.3, -0.25) is 9.13 Å². The van der Waals surface area contributed by atoms with Gasteiger partial charge in [0.1, 0.15) is 0 Å². The molecule has 0 amide bonds. The van der Waals surface area contributed by atoms with Crippen molar-refractivity contribution in [2.45, 2.75) is 12.5 Å². The van der Waals surface area contributed by atoms with Crippen LogP contribution in [0.4, 0.5) is 0 Å². The molecule has 1 fully saturated rings. The van der Waals surface area contributed by atoms with Crippen molar-refractivity contribution < 1.29 is 8.42 Å². The molecule has 150 valence electrons. The minimum Gasteiger partial charge on any atom is -0.293 e. The number of hydrogen-bond donors (Lipinski definition) is 0. The summed E-state index contributed by atoms with van der Waals surface area (Å²) in [4.78, 5) is 17.7. The second kappa shape index (κ2) is 6.26. The van der Waals surface area contributed by atoms with Crippen molar-refractivity contribution in [3.63, 3.8) is 0 Å². The van der Waals surface area contributed by atoms with E-state index in [0.717, 1.165) is 16.8 Å². The molecule has 0 aromatic carbocycles. The molecule has 0 spiro atoms. The highest BCUT2D eigenvalue weighted by Crippen LogP contribution is 2.28. The first-order chi connectivity index (χ1) is 13.8.